The largest absolute Gasteiger partial charge is 0.465 e. The first-order valence-corrected chi connectivity index (χ1v) is 5.11. The number of carboxylic acid groups (broad SMARTS) is 1. The molecule has 0 aliphatic carbocycles. The molecule has 1 unspecified atom stereocenters. The van der Waals surface area contributed by atoms with Crippen LogP contribution in [0.25, 0.3) is 0 Å². The summed E-state index contributed by atoms with van der Waals surface area (Å²) in [6.45, 7) is 5.13. The normalized spacial score (nSPS) is 12.0. The summed E-state index contributed by atoms with van der Waals surface area (Å²) in [5.41, 5.74) is 0. The van der Waals surface area contributed by atoms with Gasteiger partial charge in [0, 0.05) is 13.0 Å². The van der Waals surface area contributed by atoms with Crippen molar-refractivity contribution in [2.75, 3.05) is 6.54 Å². The average Bonchev–Trinajstić information content (AvgIpc) is 2.12. The molecule has 16 heavy (non-hydrogen) atoms. The molecule has 0 rings (SSSR count). The zero-order valence-electron chi connectivity index (χ0n) is 9.74. The Kier molecular flexibility index (Phi) is 6.14. The average molecular weight is 230 g/mol. The molecule has 3 N–H and O–H groups in total. The van der Waals surface area contributed by atoms with Crippen LogP contribution in [0.5, 0.6) is 0 Å². The van der Waals surface area contributed by atoms with Gasteiger partial charge in [-0.2, -0.15) is 0 Å². The standard InChI is InChI=1S/C10H18N2O4/c1-6(2)9(7(3)13)12-8(14)4-5-11-10(15)16/h6,9,11H,4-5H2,1-3H3,(H,12,14)(H,15,16). The van der Waals surface area contributed by atoms with E-state index in [0.29, 0.717) is 0 Å². The van der Waals surface area contributed by atoms with Crippen molar-refractivity contribution in [1.29, 1.82) is 0 Å². The van der Waals surface area contributed by atoms with Crippen molar-refractivity contribution in [2.24, 2.45) is 5.92 Å². The Balaban J connectivity index is 4.01. The third kappa shape index (κ3) is 6.00. The van der Waals surface area contributed by atoms with Crippen LogP contribution >= 0.6 is 0 Å². The van der Waals surface area contributed by atoms with Gasteiger partial charge in [0.1, 0.15) is 0 Å². The van der Waals surface area contributed by atoms with E-state index in [1.54, 1.807) is 0 Å². The maximum Gasteiger partial charge on any atom is 0.404 e. The molecular formula is C10H18N2O4. The van der Waals surface area contributed by atoms with Crippen molar-refractivity contribution >= 4 is 17.8 Å². The summed E-state index contributed by atoms with van der Waals surface area (Å²) in [7, 11) is 0. The molecule has 0 aromatic carbocycles. The lowest BCUT2D eigenvalue weighted by Crippen LogP contribution is -2.44. The van der Waals surface area contributed by atoms with Crippen molar-refractivity contribution < 1.29 is 19.5 Å². The highest BCUT2D eigenvalue weighted by Crippen LogP contribution is 2.02. The molecule has 6 nitrogen and oxygen atoms in total. The highest BCUT2D eigenvalue weighted by Gasteiger charge is 2.20. The number of ketones is 1. The summed E-state index contributed by atoms with van der Waals surface area (Å²) in [6, 6.07) is -0.502. The van der Waals surface area contributed by atoms with Crippen molar-refractivity contribution in [3.63, 3.8) is 0 Å². The number of Topliss-reactive ketones (excluding diaryl/α,β-unsaturated/α-hetero) is 1. The predicted molar refractivity (Wildman–Crippen MR) is 58.1 cm³/mol. The van der Waals surface area contributed by atoms with E-state index < -0.39 is 12.1 Å². The van der Waals surface area contributed by atoms with E-state index in [1.807, 2.05) is 13.8 Å². The van der Waals surface area contributed by atoms with Crippen LogP contribution < -0.4 is 10.6 Å². The summed E-state index contributed by atoms with van der Waals surface area (Å²) in [4.78, 5) is 32.6. The number of nitrogens with one attached hydrogen (secondary N) is 2. The van der Waals surface area contributed by atoms with E-state index in [9.17, 15) is 14.4 Å². The molecule has 0 heterocycles. The summed E-state index contributed by atoms with van der Waals surface area (Å²) in [5.74, 6) is -0.411. The molecular weight excluding hydrogens is 212 g/mol. The molecule has 0 aliphatic rings. The summed E-state index contributed by atoms with van der Waals surface area (Å²) < 4.78 is 0. The molecule has 0 saturated carbocycles. The van der Waals surface area contributed by atoms with E-state index in [-0.39, 0.29) is 30.6 Å². The Labute approximate surface area is 94.4 Å². The molecule has 6 heteroatoms. The Hall–Kier alpha value is -1.59. The van der Waals surface area contributed by atoms with Crippen molar-refractivity contribution in [2.45, 2.75) is 33.2 Å². The van der Waals surface area contributed by atoms with Gasteiger partial charge in [-0.05, 0) is 12.8 Å². The van der Waals surface area contributed by atoms with Gasteiger partial charge in [0.2, 0.25) is 5.91 Å². The summed E-state index contributed by atoms with van der Waals surface area (Å²) in [6.07, 6.45) is -1.14. The molecule has 0 radical (unpaired) electrons. The lowest BCUT2D eigenvalue weighted by atomic mass is 10.0. The van der Waals surface area contributed by atoms with E-state index >= 15 is 0 Å². The summed E-state index contributed by atoms with van der Waals surface area (Å²) >= 11 is 0. The van der Waals surface area contributed by atoms with Crippen LogP contribution in [0.4, 0.5) is 4.79 Å². The molecule has 0 spiro atoms. The Morgan fingerprint density at radius 1 is 1.25 bits per heavy atom. The van der Waals surface area contributed by atoms with Crippen molar-refractivity contribution in [3.8, 4) is 0 Å². The molecule has 0 aliphatic heterocycles. The van der Waals surface area contributed by atoms with Crippen LogP contribution in [0.2, 0.25) is 0 Å². The number of carbonyl (C=O) groups excluding carboxylic acids is 2. The van der Waals surface area contributed by atoms with Gasteiger partial charge in [-0.15, -0.1) is 0 Å². The van der Waals surface area contributed by atoms with Crippen LogP contribution in [0, 0.1) is 5.92 Å². The highest BCUT2D eigenvalue weighted by atomic mass is 16.4. The number of hydrogen-bond donors (Lipinski definition) is 3. The maximum atomic E-state index is 11.3. The van der Waals surface area contributed by atoms with Crippen LogP contribution in [0.15, 0.2) is 0 Å². The van der Waals surface area contributed by atoms with Gasteiger partial charge in [-0.25, -0.2) is 4.79 Å². The second-order valence-electron chi connectivity index (χ2n) is 3.88. The monoisotopic (exact) mass is 230 g/mol. The molecule has 0 aromatic heterocycles. The zero-order chi connectivity index (χ0) is 12.7. The van der Waals surface area contributed by atoms with Gasteiger partial charge in [0.05, 0.1) is 6.04 Å². The van der Waals surface area contributed by atoms with Gasteiger partial charge in [-0.1, -0.05) is 13.8 Å². The number of carbonyl (C=O) groups is 3. The van der Waals surface area contributed by atoms with Crippen molar-refractivity contribution in [3.05, 3.63) is 0 Å². The fraction of sp³-hybridized carbons (Fsp3) is 0.700. The predicted octanol–water partition coefficient (Wildman–Crippen LogP) is 0.374. The first-order valence-electron chi connectivity index (χ1n) is 5.11. The minimum atomic E-state index is -1.17. The van der Waals surface area contributed by atoms with Gasteiger partial charge < -0.3 is 15.7 Å². The zero-order valence-corrected chi connectivity index (χ0v) is 9.74. The number of hydrogen-bond acceptors (Lipinski definition) is 3. The fourth-order valence-electron chi connectivity index (χ4n) is 1.27. The molecule has 0 saturated heterocycles. The Morgan fingerprint density at radius 3 is 2.19 bits per heavy atom. The lowest BCUT2D eigenvalue weighted by Gasteiger charge is -2.19. The Morgan fingerprint density at radius 2 is 1.81 bits per heavy atom. The lowest BCUT2D eigenvalue weighted by molar-refractivity contribution is -0.127. The smallest absolute Gasteiger partial charge is 0.404 e. The fourth-order valence-corrected chi connectivity index (χ4v) is 1.27. The third-order valence-electron chi connectivity index (χ3n) is 2.05. The van der Waals surface area contributed by atoms with Crippen LogP contribution in [0.1, 0.15) is 27.2 Å². The number of rotatable bonds is 6. The van der Waals surface area contributed by atoms with Gasteiger partial charge in [0.25, 0.3) is 0 Å². The molecule has 0 bridgehead atoms. The number of amides is 2. The first kappa shape index (κ1) is 14.4. The van der Waals surface area contributed by atoms with Crippen LogP contribution in [0.3, 0.4) is 0 Å². The topological polar surface area (TPSA) is 95.5 Å². The van der Waals surface area contributed by atoms with E-state index in [0.717, 1.165) is 0 Å². The second-order valence-corrected chi connectivity index (χ2v) is 3.88. The summed E-state index contributed by atoms with van der Waals surface area (Å²) in [5, 5.41) is 12.9. The van der Waals surface area contributed by atoms with Crippen LogP contribution in [-0.2, 0) is 9.59 Å². The van der Waals surface area contributed by atoms with Gasteiger partial charge in [-0.3, -0.25) is 9.59 Å². The quantitative estimate of drug-likeness (QED) is 0.614. The molecule has 0 fully saturated rings. The van der Waals surface area contributed by atoms with E-state index in [1.165, 1.54) is 6.92 Å². The van der Waals surface area contributed by atoms with Crippen LogP contribution in [-0.4, -0.2) is 35.5 Å². The molecule has 0 aromatic rings. The highest BCUT2D eigenvalue weighted by molar-refractivity contribution is 5.87. The van der Waals surface area contributed by atoms with Gasteiger partial charge in [0.15, 0.2) is 5.78 Å². The van der Waals surface area contributed by atoms with Gasteiger partial charge >= 0.3 is 6.09 Å². The third-order valence-corrected chi connectivity index (χ3v) is 2.05. The maximum absolute atomic E-state index is 11.3. The Bertz CT molecular complexity index is 276. The molecule has 92 valence electrons. The first-order chi connectivity index (χ1) is 7.34. The SMILES string of the molecule is CC(=O)C(NC(=O)CCNC(=O)O)C(C)C. The minimum Gasteiger partial charge on any atom is -0.465 e. The second kappa shape index (κ2) is 6.81. The minimum absolute atomic E-state index is 0.0221. The van der Waals surface area contributed by atoms with E-state index in [2.05, 4.69) is 10.6 Å². The van der Waals surface area contributed by atoms with Crippen molar-refractivity contribution in [1.82, 2.24) is 10.6 Å². The van der Waals surface area contributed by atoms with E-state index in [4.69, 9.17) is 5.11 Å². The molecule has 1 atom stereocenters. The molecule has 2 amide bonds.